The molecule has 0 unspecified atom stereocenters. The minimum atomic E-state index is -0.425. The molecule has 1 saturated heterocycles. The molecule has 2 fully saturated rings. The number of carbonyl (C=O) groups excluding carboxylic acids is 1. The molecule has 1 aliphatic heterocycles. The van der Waals surface area contributed by atoms with Gasteiger partial charge in [0.15, 0.2) is 0 Å². The van der Waals surface area contributed by atoms with Crippen molar-refractivity contribution in [2.45, 2.75) is 70.6 Å². The summed E-state index contributed by atoms with van der Waals surface area (Å²) in [5.74, 6) is 0.221. The molecule has 0 radical (unpaired) electrons. The maximum atomic E-state index is 12.6. The number of aromatic amines is 1. The second-order valence-electron chi connectivity index (χ2n) is 8.11. The summed E-state index contributed by atoms with van der Waals surface area (Å²) in [6.07, 6.45) is 9.20. The van der Waals surface area contributed by atoms with E-state index in [9.17, 15) is 9.59 Å². The average Bonchev–Trinajstić information content (AvgIpc) is 3.06. The summed E-state index contributed by atoms with van der Waals surface area (Å²) in [6, 6.07) is 0. The molecule has 1 N–H and O–H groups in total. The first-order chi connectivity index (χ1) is 14.0. The van der Waals surface area contributed by atoms with Crippen LogP contribution in [0.4, 0.5) is 0 Å². The molecule has 0 aromatic carbocycles. The van der Waals surface area contributed by atoms with Crippen LogP contribution in [-0.4, -0.2) is 53.2 Å². The van der Waals surface area contributed by atoms with Crippen molar-refractivity contribution in [1.29, 1.82) is 0 Å². The molecule has 2 aromatic rings. The zero-order chi connectivity index (χ0) is 20.4. The monoisotopic (exact) mass is 419 g/mol. The molecular weight excluding hydrogens is 390 g/mol. The number of carbonyl (C=O) groups is 1. The molecule has 8 heteroatoms. The van der Waals surface area contributed by atoms with Gasteiger partial charge in [-0.2, -0.15) is 0 Å². The Kier molecular flexibility index (Phi) is 6.32. The maximum absolute atomic E-state index is 12.6. The van der Waals surface area contributed by atoms with Crippen LogP contribution in [0.1, 0.15) is 66.0 Å². The highest BCUT2D eigenvalue weighted by molar-refractivity contribution is 7.20. The summed E-state index contributed by atoms with van der Waals surface area (Å²) >= 11 is 1.22. The first-order valence-electron chi connectivity index (χ1n) is 10.5. The lowest BCUT2D eigenvalue weighted by Gasteiger charge is -2.34. The Morgan fingerprint density at radius 3 is 2.55 bits per heavy atom. The number of likely N-dealkylation sites (tertiary alicyclic amines) is 1. The highest BCUT2D eigenvalue weighted by atomic mass is 32.1. The third kappa shape index (κ3) is 4.54. The van der Waals surface area contributed by atoms with E-state index < -0.39 is 5.97 Å². The topological polar surface area (TPSA) is 84.5 Å². The SMILES string of the molecule is COC(=O)c1sc2nc(CN3CCC(OC4CCCCC4)CC3)[nH]c(=O)c2c1C. The number of hydrogen-bond acceptors (Lipinski definition) is 7. The Hall–Kier alpha value is -1.77. The number of piperidine rings is 1. The van der Waals surface area contributed by atoms with E-state index in [1.165, 1.54) is 50.6 Å². The van der Waals surface area contributed by atoms with E-state index in [0.29, 0.717) is 45.2 Å². The van der Waals surface area contributed by atoms with E-state index in [0.717, 1.165) is 25.9 Å². The highest BCUT2D eigenvalue weighted by Gasteiger charge is 2.25. The highest BCUT2D eigenvalue weighted by Crippen LogP contribution is 2.28. The number of aryl methyl sites for hydroxylation is 1. The van der Waals surface area contributed by atoms with E-state index in [4.69, 9.17) is 9.47 Å². The van der Waals surface area contributed by atoms with Crippen molar-refractivity contribution >= 4 is 27.5 Å². The van der Waals surface area contributed by atoms with Gasteiger partial charge in [0.25, 0.3) is 5.56 Å². The van der Waals surface area contributed by atoms with Crippen LogP contribution in [0.5, 0.6) is 0 Å². The molecule has 1 aliphatic carbocycles. The number of methoxy groups -OCH3 is 1. The molecule has 1 saturated carbocycles. The number of nitrogens with zero attached hydrogens (tertiary/aromatic N) is 2. The quantitative estimate of drug-likeness (QED) is 0.748. The van der Waals surface area contributed by atoms with Crippen molar-refractivity contribution in [3.63, 3.8) is 0 Å². The normalized spacial score (nSPS) is 19.7. The lowest BCUT2D eigenvalue weighted by atomic mass is 9.97. The molecule has 7 nitrogen and oxygen atoms in total. The fourth-order valence-electron chi connectivity index (χ4n) is 4.44. The number of ether oxygens (including phenoxy) is 2. The van der Waals surface area contributed by atoms with Crippen molar-refractivity contribution in [3.8, 4) is 0 Å². The summed E-state index contributed by atoms with van der Waals surface area (Å²) in [6.45, 7) is 4.25. The first kappa shape index (κ1) is 20.5. The second-order valence-corrected chi connectivity index (χ2v) is 9.11. The van der Waals surface area contributed by atoms with Crippen LogP contribution in [0.25, 0.3) is 10.2 Å². The van der Waals surface area contributed by atoms with Gasteiger partial charge in [0, 0.05) is 13.1 Å². The van der Waals surface area contributed by atoms with Gasteiger partial charge >= 0.3 is 5.97 Å². The van der Waals surface area contributed by atoms with Gasteiger partial charge < -0.3 is 14.5 Å². The number of nitrogens with one attached hydrogen (secondary N) is 1. The molecular formula is C21H29N3O4S. The van der Waals surface area contributed by atoms with Gasteiger partial charge in [0.2, 0.25) is 0 Å². The van der Waals surface area contributed by atoms with Crippen LogP contribution in [0, 0.1) is 6.92 Å². The van der Waals surface area contributed by atoms with Gasteiger partial charge in [0.05, 0.1) is 31.2 Å². The molecule has 4 rings (SSSR count). The van der Waals surface area contributed by atoms with Crippen LogP contribution >= 0.6 is 11.3 Å². The summed E-state index contributed by atoms with van der Waals surface area (Å²) < 4.78 is 11.1. The lowest BCUT2D eigenvalue weighted by Crippen LogP contribution is -2.39. The Balaban J connectivity index is 1.39. The predicted molar refractivity (Wildman–Crippen MR) is 113 cm³/mol. The molecule has 2 aromatic heterocycles. The molecule has 2 aliphatic rings. The molecule has 0 amide bonds. The van der Waals surface area contributed by atoms with Crippen LogP contribution in [0.2, 0.25) is 0 Å². The molecule has 158 valence electrons. The molecule has 3 heterocycles. The van der Waals surface area contributed by atoms with Crippen LogP contribution in [0.3, 0.4) is 0 Å². The summed E-state index contributed by atoms with van der Waals surface area (Å²) in [7, 11) is 1.34. The number of thiophene rings is 1. The van der Waals surface area contributed by atoms with Gasteiger partial charge in [-0.15, -0.1) is 11.3 Å². The number of H-pyrrole nitrogens is 1. The summed E-state index contributed by atoms with van der Waals surface area (Å²) in [4.78, 5) is 35.4. The smallest absolute Gasteiger partial charge is 0.348 e. The number of hydrogen-bond donors (Lipinski definition) is 1. The number of rotatable bonds is 5. The Morgan fingerprint density at radius 2 is 1.86 bits per heavy atom. The fourth-order valence-corrected chi connectivity index (χ4v) is 5.56. The van der Waals surface area contributed by atoms with Crippen molar-refractivity contribution in [2.75, 3.05) is 20.2 Å². The van der Waals surface area contributed by atoms with Crippen LogP contribution in [0.15, 0.2) is 4.79 Å². The second kappa shape index (κ2) is 8.93. The van der Waals surface area contributed by atoms with E-state index in [2.05, 4.69) is 14.9 Å². The largest absolute Gasteiger partial charge is 0.465 e. The van der Waals surface area contributed by atoms with Crippen molar-refractivity contribution in [2.24, 2.45) is 0 Å². The summed E-state index contributed by atoms with van der Waals surface area (Å²) in [5, 5.41) is 0.485. The van der Waals surface area contributed by atoms with E-state index in [-0.39, 0.29) is 5.56 Å². The molecule has 0 bridgehead atoms. The van der Waals surface area contributed by atoms with E-state index in [1.807, 2.05) is 0 Å². The molecule has 0 atom stereocenters. The maximum Gasteiger partial charge on any atom is 0.348 e. The average molecular weight is 420 g/mol. The first-order valence-corrected chi connectivity index (χ1v) is 11.3. The number of esters is 1. The zero-order valence-electron chi connectivity index (χ0n) is 17.2. The van der Waals surface area contributed by atoms with Crippen molar-refractivity contribution < 1.29 is 14.3 Å². The minimum absolute atomic E-state index is 0.190. The summed E-state index contributed by atoms with van der Waals surface area (Å²) in [5.41, 5.74) is 0.447. The standard InChI is InChI=1S/C21H29N3O4S/c1-13-17-19(25)22-16(23-20(17)29-18(13)21(26)27-2)12-24-10-8-15(9-11-24)28-14-6-4-3-5-7-14/h14-15H,3-12H2,1-2H3,(H,22,23,25). The minimum Gasteiger partial charge on any atom is -0.465 e. The fraction of sp³-hybridized carbons (Fsp3) is 0.667. The van der Waals surface area contributed by atoms with E-state index >= 15 is 0 Å². The van der Waals surface area contributed by atoms with Crippen molar-refractivity contribution in [3.05, 3.63) is 26.6 Å². The number of aromatic nitrogens is 2. The Labute approximate surface area is 174 Å². The Morgan fingerprint density at radius 1 is 1.17 bits per heavy atom. The Bertz CT molecular complexity index is 924. The molecule has 29 heavy (non-hydrogen) atoms. The van der Waals surface area contributed by atoms with E-state index in [1.54, 1.807) is 6.92 Å². The van der Waals surface area contributed by atoms with Gasteiger partial charge in [-0.25, -0.2) is 9.78 Å². The van der Waals surface area contributed by atoms with Crippen LogP contribution < -0.4 is 5.56 Å². The molecule has 0 spiro atoms. The van der Waals surface area contributed by atoms with Gasteiger partial charge in [-0.1, -0.05) is 19.3 Å². The number of fused-ring (bicyclic) bond motifs is 1. The van der Waals surface area contributed by atoms with Crippen molar-refractivity contribution in [1.82, 2.24) is 14.9 Å². The zero-order valence-corrected chi connectivity index (χ0v) is 18.0. The predicted octanol–water partition coefficient (Wildman–Crippen LogP) is 3.39. The lowest BCUT2D eigenvalue weighted by molar-refractivity contribution is -0.0567. The van der Waals surface area contributed by atoms with Gasteiger partial charge in [-0.05, 0) is 38.2 Å². The van der Waals surface area contributed by atoms with Gasteiger partial charge in [0.1, 0.15) is 15.5 Å². The van der Waals surface area contributed by atoms with Gasteiger partial charge in [-0.3, -0.25) is 9.69 Å². The third-order valence-electron chi connectivity index (χ3n) is 6.07. The van der Waals surface area contributed by atoms with Crippen LogP contribution in [-0.2, 0) is 16.0 Å². The third-order valence-corrected chi connectivity index (χ3v) is 7.23.